The molecule has 29 heavy (non-hydrogen) atoms. The van der Waals surface area contributed by atoms with Gasteiger partial charge in [-0.3, -0.25) is 4.79 Å². The Kier molecular flexibility index (Phi) is 6.09. The van der Waals surface area contributed by atoms with E-state index in [2.05, 4.69) is 21.0 Å². The highest BCUT2D eigenvalue weighted by molar-refractivity contribution is 9.10. The molecule has 0 radical (unpaired) electrons. The maximum absolute atomic E-state index is 13.3. The third-order valence-corrected chi connectivity index (χ3v) is 5.81. The van der Waals surface area contributed by atoms with Gasteiger partial charge in [-0.05, 0) is 67.8 Å². The zero-order chi connectivity index (χ0) is 20.2. The first-order chi connectivity index (χ1) is 14.2. The molecule has 1 fully saturated rings. The first-order valence-corrected chi connectivity index (χ1v) is 10.9. The lowest BCUT2D eigenvalue weighted by Gasteiger charge is -2.22. The van der Waals surface area contributed by atoms with E-state index in [-0.39, 0.29) is 11.5 Å². The van der Waals surface area contributed by atoms with Crippen molar-refractivity contribution in [2.24, 2.45) is 5.10 Å². The molecule has 0 atom stereocenters. The highest BCUT2D eigenvalue weighted by Gasteiger charge is 2.22. The summed E-state index contributed by atoms with van der Waals surface area (Å²) in [6, 6.07) is 13.3. The number of hydrogen-bond acceptors (Lipinski definition) is 4. The van der Waals surface area contributed by atoms with Gasteiger partial charge < -0.3 is 4.74 Å². The van der Waals surface area contributed by atoms with Crippen LogP contribution in [0, 0.1) is 0 Å². The molecule has 5 nitrogen and oxygen atoms in total. The minimum Gasteiger partial charge on any atom is -0.494 e. The molecule has 150 valence electrons. The third kappa shape index (κ3) is 4.42. The van der Waals surface area contributed by atoms with Gasteiger partial charge in [0.2, 0.25) is 0 Å². The number of ether oxygens (including phenoxy) is 1. The molecular weight excluding hydrogens is 430 g/mol. The number of aromatic nitrogens is 2. The van der Waals surface area contributed by atoms with Crippen LogP contribution in [-0.4, -0.2) is 22.5 Å². The minimum atomic E-state index is -0.126. The Labute approximate surface area is 178 Å². The van der Waals surface area contributed by atoms with Crippen molar-refractivity contribution in [1.82, 2.24) is 9.66 Å². The molecule has 0 spiro atoms. The summed E-state index contributed by atoms with van der Waals surface area (Å²) in [7, 11) is 0. The van der Waals surface area contributed by atoms with Gasteiger partial charge in [0.05, 0.1) is 23.7 Å². The fraction of sp³-hybridized carbons (Fsp3) is 0.348. The molecule has 2 aromatic carbocycles. The van der Waals surface area contributed by atoms with E-state index in [1.165, 1.54) is 23.9 Å². The molecule has 1 aliphatic carbocycles. The van der Waals surface area contributed by atoms with Gasteiger partial charge in [0.1, 0.15) is 11.6 Å². The van der Waals surface area contributed by atoms with Gasteiger partial charge in [-0.15, -0.1) is 0 Å². The normalized spacial score (nSPS) is 15.2. The molecular formula is C23H24BrN3O2. The van der Waals surface area contributed by atoms with Crippen LogP contribution in [0.2, 0.25) is 0 Å². The van der Waals surface area contributed by atoms with Crippen LogP contribution in [0.15, 0.2) is 56.8 Å². The number of halogens is 1. The molecule has 1 aromatic heterocycles. The van der Waals surface area contributed by atoms with Crippen LogP contribution in [-0.2, 0) is 0 Å². The predicted octanol–water partition coefficient (Wildman–Crippen LogP) is 5.49. The van der Waals surface area contributed by atoms with Gasteiger partial charge in [-0.1, -0.05) is 35.2 Å². The van der Waals surface area contributed by atoms with Gasteiger partial charge in [0, 0.05) is 10.4 Å². The molecule has 4 rings (SSSR count). The van der Waals surface area contributed by atoms with Gasteiger partial charge in [0.15, 0.2) is 0 Å². The summed E-state index contributed by atoms with van der Waals surface area (Å²) < 4.78 is 7.85. The molecule has 1 aliphatic rings. The second kappa shape index (κ2) is 8.91. The van der Waals surface area contributed by atoms with Crippen molar-refractivity contribution in [2.45, 2.75) is 44.9 Å². The fourth-order valence-electron chi connectivity index (χ4n) is 3.84. The quantitative estimate of drug-likeness (QED) is 0.480. The Hall–Kier alpha value is -2.47. The Bertz CT molecular complexity index is 1080. The van der Waals surface area contributed by atoms with E-state index >= 15 is 0 Å². The number of fused-ring (bicyclic) bond motifs is 1. The Morgan fingerprint density at radius 3 is 2.66 bits per heavy atom. The van der Waals surface area contributed by atoms with Crippen LogP contribution >= 0.6 is 15.9 Å². The van der Waals surface area contributed by atoms with E-state index < -0.39 is 0 Å². The van der Waals surface area contributed by atoms with Crippen LogP contribution < -0.4 is 10.3 Å². The maximum atomic E-state index is 13.3. The number of rotatable bonds is 5. The Morgan fingerprint density at radius 2 is 1.93 bits per heavy atom. The van der Waals surface area contributed by atoms with Crippen LogP contribution in [0.4, 0.5) is 0 Å². The highest BCUT2D eigenvalue weighted by Crippen LogP contribution is 2.32. The average Bonchev–Trinajstić information content (AvgIpc) is 2.75. The van der Waals surface area contributed by atoms with Gasteiger partial charge in [0.25, 0.3) is 5.56 Å². The van der Waals surface area contributed by atoms with E-state index in [0.717, 1.165) is 40.0 Å². The zero-order valence-corrected chi connectivity index (χ0v) is 18.1. The largest absolute Gasteiger partial charge is 0.494 e. The fourth-order valence-corrected chi connectivity index (χ4v) is 4.20. The standard InChI is InChI=1S/C23H24BrN3O2/c1-2-29-19-11-8-16(9-12-19)15-25-27-22(17-6-4-3-5-7-17)26-21-13-10-18(24)14-20(21)23(27)28/h8-15,17H,2-7H2,1H3. The summed E-state index contributed by atoms with van der Waals surface area (Å²) in [5.74, 6) is 1.86. The summed E-state index contributed by atoms with van der Waals surface area (Å²) in [5.41, 5.74) is 1.51. The molecule has 0 amide bonds. The van der Waals surface area contributed by atoms with Crippen molar-refractivity contribution in [3.05, 3.63) is 68.7 Å². The molecule has 0 N–H and O–H groups in total. The average molecular weight is 454 g/mol. The summed E-state index contributed by atoms with van der Waals surface area (Å²) in [4.78, 5) is 18.1. The summed E-state index contributed by atoms with van der Waals surface area (Å²) in [6.45, 7) is 2.59. The number of nitrogens with zero attached hydrogens (tertiary/aromatic N) is 3. The van der Waals surface area contributed by atoms with Crippen molar-refractivity contribution in [3.8, 4) is 5.75 Å². The van der Waals surface area contributed by atoms with Crippen LogP contribution in [0.3, 0.4) is 0 Å². The van der Waals surface area contributed by atoms with Gasteiger partial charge in [-0.25, -0.2) is 4.98 Å². The van der Waals surface area contributed by atoms with Gasteiger partial charge in [-0.2, -0.15) is 9.78 Å². The lowest BCUT2D eigenvalue weighted by molar-refractivity contribution is 0.340. The lowest BCUT2D eigenvalue weighted by atomic mass is 9.88. The summed E-state index contributed by atoms with van der Waals surface area (Å²) in [5, 5.41) is 5.14. The molecule has 0 bridgehead atoms. The topological polar surface area (TPSA) is 56.5 Å². The van der Waals surface area contributed by atoms with E-state index in [4.69, 9.17) is 9.72 Å². The molecule has 3 aromatic rings. The predicted molar refractivity (Wildman–Crippen MR) is 120 cm³/mol. The molecule has 0 saturated heterocycles. The van der Waals surface area contributed by atoms with E-state index in [1.807, 2.05) is 49.4 Å². The second-order valence-corrected chi connectivity index (χ2v) is 8.25. The molecule has 0 unspecified atom stereocenters. The molecule has 1 heterocycles. The monoisotopic (exact) mass is 453 g/mol. The van der Waals surface area contributed by atoms with Crippen LogP contribution in [0.25, 0.3) is 10.9 Å². The summed E-state index contributed by atoms with van der Waals surface area (Å²) >= 11 is 3.46. The Balaban J connectivity index is 1.77. The van der Waals surface area contributed by atoms with Crippen LogP contribution in [0.5, 0.6) is 5.75 Å². The summed E-state index contributed by atoms with van der Waals surface area (Å²) in [6.07, 6.45) is 7.40. The van der Waals surface area contributed by atoms with Crippen molar-refractivity contribution in [3.63, 3.8) is 0 Å². The van der Waals surface area contributed by atoms with E-state index in [1.54, 1.807) is 6.21 Å². The van der Waals surface area contributed by atoms with Crippen LogP contribution in [0.1, 0.15) is 56.3 Å². The van der Waals surface area contributed by atoms with E-state index in [0.29, 0.717) is 12.0 Å². The first kappa shape index (κ1) is 19.8. The number of hydrogen-bond donors (Lipinski definition) is 0. The smallest absolute Gasteiger partial charge is 0.282 e. The zero-order valence-electron chi connectivity index (χ0n) is 16.5. The minimum absolute atomic E-state index is 0.126. The van der Waals surface area contributed by atoms with Crippen molar-refractivity contribution < 1.29 is 4.74 Å². The lowest BCUT2D eigenvalue weighted by Crippen LogP contribution is -2.25. The maximum Gasteiger partial charge on any atom is 0.282 e. The first-order valence-electron chi connectivity index (χ1n) is 10.1. The van der Waals surface area contributed by atoms with E-state index in [9.17, 15) is 4.79 Å². The number of benzene rings is 2. The molecule has 0 aliphatic heterocycles. The highest BCUT2D eigenvalue weighted by atomic mass is 79.9. The Morgan fingerprint density at radius 1 is 1.17 bits per heavy atom. The third-order valence-electron chi connectivity index (χ3n) is 5.32. The van der Waals surface area contributed by atoms with Crippen molar-refractivity contribution in [2.75, 3.05) is 6.61 Å². The SMILES string of the molecule is CCOc1ccc(C=Nn2c(C3CCCCC3)nc3ccc(Br)cc3c2=O)cc1. The van der Waals surface area contributed by atoms with Gasteiger partial charge >= 0.3 is 0 Å². The molecule has 6 heteroatoms. The van der Waals surface area contributed by atoms with Crippen molar-refractivity contribution in [1.29, 1.82) is 0 Å². The van der Waals surface area contributed by atoms with Crippen molar-refractivity contribution >= 4 is 33.0 Å². The molecule has 1 saturated carbocycles. The second-order valence-electron chi connectivity index (χ2n) is 7.33.